The Bertz CT molecular complexity index is 728. The van der Waals surface area contributed by atoms with Crippen molar-refractivity contribution in [2.24, 2.45) is 10.4 Å². The second-order valence-corrected chi connectivity index (χ2v) is 11.9. The van der Waals surface area contributed by atoms with Crippen molar-refractivity contribution in [2.45, 2.75) is 63.7 Å². The van der Waals surface area contributed by atoms with Crippen molar-refractivity contribution in [3.05, 3.63) is 15.5 Å². The van der Waals surface area contributed by atoms with Crippen molar-refractivity contribution >= 4 is 45.5 Å². The number of halogens is 1. The molecule has 2 aliphatic heterocycles. The minimum atomic E-state index is -1.03. The molecule has 1 spiro atoms. The quantitative estimate of drug-likeness (QED) is 0.464. The second kappa shape index (κ2) is 7.97. The number of piperidine rings is 1. The minimum Gasteiger partial charge on any atom is -0.342 e. The van der Waals surface area contributed by atoms with Crippen molar-refractivity contribution < 1.29 is 9.00 Å². The number of carbonyl (C=O) groups excluding carboxylic acids is 1. The van der Waals surface area contributed by atoms with Crippen molar-refractivity contribution in [1.29, 1.82) is 0 Å². The summed E-state index contributed by atoms with van der Waals surface area (Å²) in [5, 5.41) is 0. The molecule has 2 atom stereocenters. The first kappa shape index (κ1) is 21.0. The molecule has 0 aromatic rings. The number of allylic oxidation sites excluding steroid dienone is 1. The Hall–Kier alpha value is -0.700. The number of likely N-dealkylation sites (tertiary alicyclic amines) is 1. The lowest BCUT2D eigenvalue weighted by Gasteiger charge is -2.45. The summed E-state index contributed by atoms with van der Waals surface area (Å²) in [4.78, 5) is 19.9. The first-order chi connectivity index (χ1) is 12.7. The highest BCUT2D eigenvalue weighted by Gasteiger charge is 2.46. The third kappa shape index (κ3) is 4.18. The average molecular weight is 504 g/mol. The Morgan fingerprint density at radius 2 is 2.00 bits per heavy atom. The van der Waals surface area contributed by atoms with Gasteiger partial charge in [-0.25, -0.2) is 18.7 Å². The number of nitrogens with zero attached hydrogens (tertiary/aromatic N) is 3. The van der Waals surface area contributed by atoms with Crippen LogP contribution in [-0.2, 0) is 15.8 Å². The second-order valence-electron chi connectivity index (χ2n) is 8.71. The monoisotopic (exact) mass is 504 g/mol. The van der Waals surface area contributed by atoms with Gasteiger partial charge in [0.25, 0.3) is 0 Å². The predicted molar refractivity (Wildman–Crippen MR) is 118 cm³/mol. The normalized spacial score (nSPS) is 26.7. The van der Waals surface area contributed by atoms with E-state index >= 15 is 0 Å². The molecule has 0 unspecified atom stereocenters. The van der Waals surface area contributed by atoms with Crippen LogP contribution in [0.4, 0.5) is 0 Å². The van der Waals surface area contributed by atoms with Crippen LogP contribution in [-0.4, -0.2) is 56.8 Å². The summed E-state index contributed by atoms with van der Waals surface area (Å²) in [5.41, 5.74) is 0.764. The lowest BCUT2D eigenvalue weighted by atomic mass is 9.74. The van der Waals surface area contributed by atoms with E-state index in [2.05, 4.69) is 37.2 Å². The number of likely N-dealkylation sites (N-methyl/N-ethyl adjacent to an activating group) is 1. The van der Waals surface area contributed by atoms with Crippen molar-refractivity contribution in [2.75, 3.05) is 20.1 Å². The zero-order valence-electron chi connectivity index (χ0n) is 16.5. The van der Waals surface area contributed by atoms with E-state index in [9.17, 15) is 9.00 Å². The molecule has 2 fully saturated rings. The van der Waals surface area contributed by atoms with Crippen LogP contribution in [0.3, 0.4) is 0 Å². The topological polar surface area (TPSA) is 65.0 Å². The average Bonchev–Trinajstić information content (AvgIpc) is 2.98. The molecule has 3 aliphatic rings. The van der Waals surface area contributed by atoms with E-state index in [0.29, 0.717) is 11.7 Å². The number of guanidine groups is 1. The van der Waals surface area contributed by atoms with Crippen LogP contribution >= 0.6 is 22.6 Å². The maximum Gasteiger partial charge on any atom is 0.206 e. The van der Waals surface area contributed by atoms with Crippen LogP contribution in [0, 0.1) is 5.41 Å². The molecule has 0 aromatic heterocycles. The number of hydrogen-bond acceptors (Lipinski definition) is 5. The third-order valence-corrected chi connectivity index (χ3v) is 8.41. The molecule has 2 heterocycles. The highest BCUT2D eigenvalue weighted by atomic mass is 127. The van der Waals surface area contributed by atoms with E-state index in [-0.39, 0.29) is 10.2 Å². The van der Waals surface area contributed by atoms with Crippen LogP contribution in [0.15, 0.2) is 20.5 Å². The van der Waals surface area contributed by atoms with Gasteiger partial charge in [0.15, 0.2) is 5.94 Å². The van der Waals surface area contributed by atoms with Gasteiger partial charge in [0.1, 0.15) is 5.70 Å². The minimum absolute atomic E-state index is 0.221. The van der Waals surface area contributed by atoms with Crippen molar-refractivity contribution in [3.8, 4) is 0 Å². The first-order valence-electron chi connectivity index (χ1n) is 9.54. The maximum atomic E-state index is 12.6. The van der Waals surface area contributed by atoms with Gasteiger partial charge in [0.05, 0.1) is 19.3 Å². The van der Waals surface area contributed by atoms with Gasteiger partial charge in [0, 0.05) is 32.4 Å². The van der Waals surface area contributed by atoms with E-state index in [1.54, 1.807) is 6.20 Å². The van der Waals surface area contributed by atoms with Crippen LogP contribution in [0.5, 0.6) is 0 Å². The smallest absolute Gasteiger partial charge is 0.206 e. The van der Waals surface area contributed by atoms with E-state index in [0.717, 1.165) is 41.9 Å². The molecule has 3 rings (SSSR count). The van der Waals surface area contributed by atoms with Crippen LogP contribution in [0.1, 0.15) is 52.9 Å². The summed E-state index contributed by atoms with van der Waals surface area (Å²) in [6.07, 6.45) is 7.34. The highest BCUT2D eigenvalue weighted by molar-refractivity contribution is 14.1. The van der Waals surface area contributed by atoms with Crippen molar-refractivity contribution in [1.82, 2.24) is 14.5 Å². The Balaban J connectivity index is 1.69. The third-order valence-electron chi connectivity index (χ3n) is 6.01. The molecule has 150 valence electrons. The summed E-state index contributed by atoms with van der Waals surface area (Å²) in [6, 6.07) is 0.317. The number of hydrogen-bond donors (Lipinski definition) is 1. The zero-order valence-corrected chi connectivity index (χ0v) is 19.5. The fourth-order valence-electron chi connectivity index (χ4n) is 4.31. The SMILES string of the molecule is CN1C(=C=O)C(I)=CN=C1N1CCC2(CCC[C@H]2N[S@](=O)C(C)(C)C)CC1. The molecule has 1 saturated heterocycles. The van der Waals surface area contributed by atoms with Gasteiger partial charge < -0.3 is 9.80 Å². The van der Waals surface area contributed by atoms with Gasteiger partial charge in [-0.05, 0) is 74.5 Å². The van der Waals surface area contributed by atoms with E-state index in [4.69, 9.17) is 0 Å². The molecule has 1 saturated carbocycles. The van der Waals surface area contributed by atoms with Gasteiger partial charge in [-0.2, -0.15) is 0 Å². The van der Waals surface area contributed by atoms with Gasteiger partial charge in [-0.3, -0.25) is 0 Å². The molecule has 6 nitrogen and oxygen atoms in total. The molecule has 8 heteroatoms. The maximum absolute atomic E-state index is 12.6. The summed E-state index contributed by atoms with van der Waals surface area (Å²) < 4.78 is 16.6. The van der Waals surface area contributed by atoms with E-state index < -0.39 is 11.0 Å². The van der Waals surface area contributed by atoms with E-state index in [1.807, 2.05) is 38.7 Å². The Labute approximate surface area is 178 Å². The highest BCUT2D eigenvalue weighted by Crippen LogP contribution is 2.47. The zero-order chi connectivity index (χ0) is 19.8. The summed E-state index contributed by atoms with van der Waals surface area (Å²) in [6.45, 7) is 7.86. The first-order valence-corrected chi connectivity index (χ1v) is 11.8. The summed E-state index contributed by atoms with van der Waals surface area (Å²) in [7, 11) is 0.842. The molecule has 0 aromatic carbocycles. The van der Waals surface area contributed by atoms with Crippen LogP contribution in [0.2, 0.25) is 0 Å². The predicted octanol–water partition coefficient (Wildman–Crippen LogP) is 2.97. The van der Waals surface area contributed by atoms with Gasteiger partial charge in [-0.15, -0.1) is 0 Å². The number of nitrogens with one attached hydrogen (secondary N) is 1. The Morgan fingerprint density at radius 1 is 1.33 bits per heavy atom. The molecule has 27 heavy (non-hydrogen) atoms. The molecule has 1 N–H and O–H groups in total. The summed E-state index contributed by atoms with van der Waals surface area (Å²) >= 11 is 2.12. The Morgan fingerprint density at radius 3 is 2.59 bits per heavy atom. The standard InChI is InChI=1S/C19H29IN4O2S/c1-18(2,3)27(26)22-16-6-5-7-19(16)8-10-24(11-9-19)17-21-12-14(20)15(13-25)23(17)4/h12,16,22H,5-11H2,1-4H3/t16-,27-/m1/s1. The fourth-order valence-corrected chi connectivity index (χ4v) is 5.90. The van der Waals surface area contributed by atoms with Gasteiger partial charge >= 0.3 is 0 Å². The fraction of sp³-hybridized carbons (Fsp3) is 0.737. The molecule has 0 bridgehead atoms. The summed E-state index contributed by atoms with van der Waals surface area (Å²) in [5.74, 6) is 2.85. The lowest BCUT2D eigenvalue weighted by molar-refractivity contribution is 0.123. The molecular weight excluding hydrogens is 475 g/mol. The van der Waals surface area contributed by atoms with Crippen molar-refractivity contribution in [3.63, 3.8) is 0 Å². The molecular formula is C19H29IN4O2S. The molecule has 0 amide bonds. The van der Waals surface area contributed by atoms with Crippen LogP contribution in [0.25, 0.3) is 0 Å². The Kier molecular flexibility index (Phi) is 6.20. The van der Waals surface area contributed by atoms with Gasteiger partial charge in [-0.1, -0.05) is 6.42 Å². The van der Waals surface area contributed by atoms with Crippen LogP contribution < -0.4 is 4.72 Å². The number of aliphatic imine (C=N–C) groups is 1. The van der Waals surface area contributed by atoms with Gasteiger partial charge in [0.2, 0.25) is 5.96 Å². The van der Waals surface area contributed by atoms with E-state index in [1.165, 1.54) is 12.8 Å². The molecule has 1 aliphatic carbocycles. The number of rotatable bonds is 2. The largest absolute Gasteiger partial charge is 0.342 e. The lowest BCUT2D eigenvalue weighted by Crippen LogP contribution is -2.54. The molecule has 0 radical (unpaired) electrons.